The zero-order valence-corrected chi connectivity index (χ0v) is 16.2. The van der Waals surface area contributed by atoms with Crippen molar-refractivity contribution in [2.45, 2.75) is 57.2 Å². The Bertz CT molecular complexity index is 682. The molecule has 1 N–H and O–H groups in total. The third-order valence-electron chi connectivity index (χ3n) is 4.93. The van der Waals surface area contributed by atoms with Crippen LogP contribution in [0.15, 0.2) is 24.3 Å². The molecule has 1 aromatic carbocycles. The highest BCUT2D eigenvalue weighted by Crippen LogP contribution is 2.23. The number of halogens is 1. The van der Waals surface area contributed by atoms with Crippen LogP contribution in [0.25, 0.3) is 0 Å². The lowest BCUT2D eigenvalue weighted by molar-refractivity contribution is -0.121. The first-order valence-corrected chi connectivity index (χ1v) is 10.9. The van der Waals surface area contributed by atoms with Crippen molar-refractivity contribution >= 4 is 15.7 Å². The number of ether oxygens (including phenoxy) is 1. The van der Waals surface area contributed by atoms with E-state index in [9.17, 15) is 17.6 Å². The van der Waals surface area contributed by atoms with Gasteiger partial charge in [0.05, 0.1) is 12.4 Å². The second-order valence-electron chi connectivity index (χ2n) is 7.13. The molecule has 7 heteroatoms. The summed E-state index contributed by atoms with van der Waals surface area (Å²) in [5, 5.41) is 1.82. The van der Waals surface area contributed by atoms with Gasteiger partial charge in [-0.3, -0.25) is 4.79 Å². The molecular formula is C19H28FNO4S. The molecule has 1 aliphatic carbocycles. The van der Waals surface area contributed by atoms with E-state index < -0.39 is 21.0 Å². The molecule has 146 valence electrons. The number of nitrogens with one attached hydrogen (secondary N) is 1. The molecule has 0 spiro atoms. The number of carbonyl (C=O) groups is 1. The molecular weight excluding hydrogens is 357 g/mol. The van der Waals surface area contributed by atoms with Gasteiger partial charge < -0.3 is 10.1 Å². The summed E-state index contributed by atoms with van der Waals surface area (Å²) in [6.45, 7) is 3.83. The molecule has 1 saturated carbocycles. The quantitative estimate of drug-likeness (QED) is 0.698. The lowest BCUT2D eigenvalue weighted by Crippen LogP contribution is -2.45. The van der Waals surface area contributed by atoms with Crippen LogP contribution in [0.4, 0.5) is 4.39 Å². The number of sulfone groups is 1. The smallest absolute Gasteiger partial charge is 0.238 e. The summed E-state index contributed by atoms with van der Waals surface area (Å²) in [5.41, 5.74) is 0. The van der Waals surface area contributed by atoms with Gasteiger partial charge in [0, 0.05) is 6.04 Å². The van der Waals surface area contributed by atoms with Crippen molar-refractivity contribution in [2.24, 2.45) is 5.92 Å². The fourth-order valence-electron chi connectivity index (χ4n) is 3.04. The maximum absolute atomic E-state index is 12.8. The number of amides is 1. The average Bonchev–Trinajstić information content (AvgIpc) is 2.61. The largest absolute Gasteiger partial charge is 0.494 e. The summed E-state index contributed by atoms with van der Waals surface area (Å²) >= 11 is 0. The van der Waals surface area contributed by atoms with Crippen LogP contribution in [-0.4, -0.2) is 38.0 Å². The molecule has 2 rings (SSSR count). The third-order valence-corrected chi connectivity index (χ3v) is 7.07. The van der Waals surface area contributed by atoms with E-state index in [4.69, 9.17) is 4.74 Å². The summed E-state index contributed by atoms with van der Waals surface area (Å²) < 4.78 is 42.9. The summed E-state index contributed by atoms with van der Waals surface area (Å²) in [5.74, 6) is 0.271. The molecule has 1 fully saturated rings. The highest BCUT2D eigenvalue weighted by molar-refractivity contribution is 7.92. The Morgan fingerprint density at radius 1 is 1.23 bits per heavy atom. The number of carbonyl (C=O) groups excluding carboxylic acids is 1. The van der Waals surface area contributed by atoms with Crippen molar-refractivity contribution in [1.29, 1.82) is 0 Å². The van der Waals surface area contributed by atoms with Gasteiger partial charge in [0.25, 0.3) is 0 Å². The predicted octanol–water partition coefficient (Wildman–Crippen LogP) is 3.09. The summed E-state index contributed by atoms with van der Waals surface area (Å²) in [4.78, 5) is 12.3. The van der Waals surface area contributed by atoms with Crippen LogP contribution >= 0.6 is 0 Å². The molecule has 5 nitrogen and oxygen atoms in total. The molecule has 0 bridgehead atoms. The van der Waals surface area contributed by atoms with Crippen molar-refractivity contribution in [3.05, 3.63) is 30.1 Å². The highest BCUT2D eigenvalue weighted by Gasteiger charge is 2.30. The first-order valence-electron chi connectivity index (χ1n) is 9.18. The molecule has 1 aliphatic rings. The van der Waals surface area contributed by atoms with Gasteiger partial charge in [0.1, 0.15) is 16.8 Å². The second-order valence-corrected chi connectivity index (χ2v) is 9.57. The molecule has 1 aromatic rings. The maximum Gasteiger partial charge on any atom is 0.238 e. The Morgan fingerprint density at radius 3 is 2.46 bits per heavy atom. The molecule has 0 unspecified atom stereocenters. The Kier molecular flexibility index (Phi) is 7.43. The summed E-state index contributed by atoms with van der Waals surface area (Å²) in [6, 6.07) is 5.63. The number of benzene rings is 1. The molecule has 26 heavy (non-hydrogen) atoms. The third kappa shape index (κ3) is 6.27. The Labute approximate surface area is 155 Å². The fraction of sp³-hybridized carbons (Fsp3) is 0.632. The first-order chi connectivity index (χ1) is 12.3. The Balaban J connectivity index is 1.74. The lowest BCUT2D eigenvalue weighted by Gasteiger charge is -2.27. The van der Waals surface area contributed by atoms with E-state index >= 15 is 0 Å². The summed E-state index contributed by atoms with van der Waals surface area (Å²) in [7, 11) is -3.53. The van der Waals surface area contributed by atoms with Crippen LogP contribution in [0.3, 0.4) is 0 Å². The molecule has 1 amide bonds. The van der Waals surface area contributed by atoms with Crippen LogP contribution in [0.2, 0.25) is 0 Å². The van der Waals surface area contributed by atoms with Crippen molar-refractivity contribution in [1.82, 2.24) is 5.32 Å². The van der Waals surface area contributed by atoms with Crippen LogP contribution < -0.4 is 10.1 Å². The normalized spacial score (nSPS) is 21.8. The number of hydrogen-bond donors (Lipinski definition) is 1. The van der Waals surface area contributed by atoms with Gasteiger partial charge in [-0.05, 0) is 69.2 Å². The standard InChI is InChI=1S/C19H28FNO4S/c1-14-4-8-17(9-5-14)21-19(22)15(2)26(23,24)13-3-12-25-18-10-6-16(20)7-11-18/h6-7,10-11,14-15,17H,3-5,8-9,12-13H2,1-2H3,(H,21,22)/t14?,15-,17?/m1/s1. The van der Waals surface area contributed by atoms with Crippen molar-refractivity contribution in [3.63, 3.8) is 0 Å². The molecule has 1 atom stereocenters. The van der Waals surface area contributed by atoms with Gasteiger partial charge in [-0.2, -0.15) is 0 Å². The second kappa shape index (κ2) is 9.35. The van der Waals surface area contributed by atoms with E-state index in [-0.39, 0.29) is 30.6 Å². The first kappa shape index (κ1) is 20.7. The van der Waals surface area contributed by atoms with Crippen molar-refractivity contribution in [3.8, 4) is 5.75 Å². The van der Waals surface area contributed by atoms with E-state index in [0.717, 1.165) is 25.7 Å². The minimum absolute atomic E-state index is 0.0816. The molecule has 0 saturated heterocycles. The van der Waals surface area contributed by atoms with Gasteiger partial charge in [-0.25, -0.2) is 12.8 Å². The molecule has 0 heterocycles. The Hall–Kier alpha value is -1.63. The van der Waals surface area contributed by atoms with E-state index in [0.29, 0.717) is 11.7 Å². The van der Waals surface area contributed by atoms with E-state index in [1.165, 1.54) is 31.2 Å². The van der Waals surface area contributed by atoms with Crippen LogP contribution in [0.5, 0.6) is 5.75 Å². The van der Waals surface area contributed by atoms with E-state index in [2.05, 4.69) is 12.2 Å². The van der Waals surface area contributed by atoms with Crippen molar-refractivity contribution in [2.75, 3.05) is 12.4 Å². The SMILES string of the molecule is CC1CCC(NC(=O)[C@@H](C)S(=O)(=O)CCCOc2ccc(F)cc2)CC1. The van der Waals surface area contributed by atoms with E-state index in [1.807, 2.05) is 0 Å². The van der Waals surface area contributed by atoms with Crippen molar-refractivity contribution < 1.29 is 22.3 Å². The number of hydrogen-bond acceptors (Lipinski definition) is 4. The average molecular weight is 386 g/mol. The highest BCUT2D eigenvalue weighted by atomic mass is 32.2. The maximum atomic E-state index is 12.8. The number of rotatable bonds is 8. The zero-order valence-electron chi connectivity index (χ0n) is 15.4. The van der Waals surface area contributed by atoms with E-state index in [1.54, 1.807) is 0 Å². The monoisotopic (exact) mass is 385 g/mol. The van der Waals surface area contributed by atoms with Gasteiger partial charge in [-0.15, -0.1) is 0 Å². The predicted molar refractivity (Wildman–Crippen MR) is 99.3 cm³/mol. The van der Waals surface area contributed by atoms with Gasteiger partial charge >= 0.3 is 0 Å². The Morgan fingerprint density at radius 2 is 1.85 bits per heavy atom. The van der Waals surface area contributed by atoms with Gasteiger partial charge in [-0.1, -0.05) is 6.92 Å². The summed E-state index contributed by atoms with van der Waals surface area (Å²) in [6.07, 6.45) is 4.22. The molecule has 0 aliphatic heterocycles. The lowest BCUT2D eigenvalue weighted by atomic mass is 9.87. The minimum Gasteiger partial charge on any atom is -0.494 e. The topological polar surface area (TPSA) is 72.5 Å². The zero-order chi connectivity index (χ0) is 19.2. The van der Waals surface area contributed by atoms with Crippen LogP contribution in [-0.2, 0) is 14.6 Å². The van der Waals surface area contributed by atoms with Crippen LogP contribution in [0, 0.1) is 11.7 Å². The van der Waals surface area contributed by atoms with Crippen LogP contribution in [0.1, 0.15) is 46.0 Å². The minimum atomic E-state index is -3.53. The fourth-order valence-corrected chi connectivity index (χ4v) is 4.31. The molecule has 0 radical (unpaired) electrons. The molecule has 0 aromatic heterocycles. The van der Waals surface area contributed by atoms with Gasteiger partial charge in [0.15, 0.2) is 9.84 Å². The van der Waals surface area contributed by atoms with Gasteiger partial charge in [0.2, 0.25) is 5.91 Å².